The van der Waals surface area contributed by atoms with E-state index in [1.54, 1.807) is 6.33 Å². The quantitative estimate of drug-likeness (QED) is 0.716. The third kappa shape index (κ3) is 4.41. The molecule has 26 heavy (non-hydrogen) atoms. The lowest BCUT2D eigenvalue weighted by atomic mass is 9.79. The standard InChI is InChI=1S/C19H25ClN4OS/c1-14(2)24-13-22-23-18(24)26-11-17(25)21-12-19(9-3-4-10-19)15-5-7-16(20)8-6-15/h5-8,13-14H,3-4,9-12H2,1-2H3,(H,21,25). The van der Waals surface area contributed by atoms with Gasteiger partial charge in [0, 0.05) is 23.0 Å². The number of amides is 1. The van der Waals surface area contributed by atoms with E-state index in [9.17, 15) is 4.79 Å². The summed E-state index contributed by atoms with van der Waals surface area (Å²) in [7, 11) is 0. The molecule has 1 amide bonds. The van der Waals surface area contributed by atoms with Gasteiger partial charge >= 0.3 is 0 Å². The Morgan fingerprint density at radius 2 is 2.00 bits per heavy atom. The molecule has 1 aromatic heterocycles. The minimum absolute atomic E-state index is 0.0306. The predicted molar refractivity (Wildman–Crippen MR) is 106 cm³/mol. The Hall–Kier alpha value is -1.53. The first kappa shape index (κ1) is 19.2. The molecule has 1 aliphatic carbocycles. The van der Waals surface area contributed by atoms with Gasteiger partial charge in [0.1, 0.15) is 6.33 Å². The number of thioether (sulfide) groups is 1. The SMILES string of the molecule is CC(C)n1cnnc1SCC(=O)NCC1(c2ccc(Cl)cc2)CCCC1. The third-order valence-electron chi connectivity index (χ3n) is 5.07. The summed E-state index contributed by atoms with van der Waals surface area (Å²) in [5, 5.41) is 12.7. The van der Waals surface area contributed by atoms with Crippen LogP contribution < -0.4 is 5.32 Å². The average molecular weight is 393 g/mol. The Kier molecular flexibility index (Phi) is 6.24. The van der Waals surface area contributed by atoms with Gasteiger partial charge in [-0.05, 0) is 44.4 Å². The zero-order valence-corrected chi connectivity index (χ0v) is 16.8. The van der Waals surface area contributed by atoms with E-state index >= 15 is 0 Å². The van der Waals surface area contributed by atoms with Crippen LogP contribution in [0.2, 0.25) is 5.02 Å². The van der Waals surface area contributed by atoms with Gasteiger partial charge < -0.3 is 9.88 Å². The largest absolute Gasteiger partial charge is 0.354 e. The third-order valence-corrected chi connectivity index (χ3v) is 6.28. The van der Waals surface area contributed by atoms with Crippen molar-refractivity contribution in [3.63, 3.8) is 0 Å². The number of nitrogens with one attached hydrogen (secondary N) is 1. The van der Waals surface area contributed by atoms with Crippen LogP contribution in [-0.4, -0.2) is 33.0 Å². The highest BCUT2D eigenvalue weighted by atomic mass is 35.5. The Balaban J connectivity index is 1.58. The van der Waals surface area contributed by atoms with Crippen molar-refractivity contribution < 1.29 is 4.79 Å². The number of aromatic nitrogens is 3. The molecule has 0 radical (unpaired) electrons. The van der Waals surface area contributed by atoms with Gasteiger partial charge in [-0.1, -0.05) is 48.3 Å². The second-order valence-electron chi connectivity index (χ2n) is 7.17. The molecule has 2 aromatic rings. The van der Waals surface area contributed by atoms with Gasteiger partial charge in [0.05, 0.1) is 5.75 Å². The summed E-state index contributed by atoms with van der Waals surface area (Å²) in [5.74, 6) is 0.385. The maximum Gasteiger partial charge on any atom is 0.230 e. The molecule has 1 fully saturated rings. The highest BCUT2D eigenvalue weighted by molar-refractivity contribution is 7.99. The number of hydrogen-bond acceptors (Lipinski definition) is 4. The fourth-order valence-electron chi connectivity index (χ4n) is 3.56. The summed E-state index contributed by atoms with van der Waals surface area (Å²) >= 11 is 7.46. The Morgan fingerprint density at radius 1 is 1.31 bits per heavy atom. The van der Waals surface area contributed by atoms with Gasteiger partial charge in [-0.15, -0.1) is 10.2 Å². The predicted octanol–water partition coefficient (Wildman–Crippen LogP) is 4.23. The molecule has 1 saturated carbocycles. The molecule has 0 aliphatic heterocycles. The molecular weight excluding hydrogens is 368 g/mol. The van der Waals surface area contributed by atoms with Crippen molar-refractivity contribution in [3.05, 3.63) is 41.2 Å². The van der Waals surface area contributed by atoms with Crippen molar-refractivity contribution >= 4 is 29.3 Å². The molecule has 3 rings (SSSR count). The summed E-state index contributed by atoms with van der Waals surface area (Å²) < 4.78 is 1.98. The minimum atomic E-state index is 0.0306. The van der Waals surface area contributed by atoms with Crippen LogP contribution in [0.25, 0.3) is 0 Å². The van der Waals surface area contributed by atoms with Gasteiger partial charge in [0.25, 0.3) is 0 Å². The van der Waals surface area contributed by atoms with E-state index in [1.807, 2.05) is 16.7 Å². The first-order valence-corrected chi connectivity index (χ1v) is 10.4. The van der Waals surface area contributed by atoms with E-state index in [2.05, 4.69) is 41.5 Å². The van der Waals surface area contributed by atoms with E-state index in [0.717, 1.165) is 23.0 Å². The number of halogens is 1. The number of rotatable bonds is 7. The van der Waals surface area contributed by atoms with Gasteiger partial charge in [-0.25, -0.2) is 0 Å². The summed E-state index contributed by atoms with van der Waals surface area (Å²) in [4.78, 5) is 12.4. The summed E-state index contributed by atoms with van der Waals surface area (Å²) in [5.41, 5.74) is 1.30. The maximum atomic E-state index is 12.4. The average Bonchev–Trinajstić information content (AvgIpc) is 3.29. The van der Waals surface area contributed by atoms with Crippen LogP contribution in [0.4, 0.5) is 0 Å². The van der Waals surface area contributed by atoms with Crippen molar-refractivity contribution in [1.82, 2.24) is 20.1 Å². The minimum Gasteiger partial charge on any atom is -0.354 e. The Morgan fingerprint density at radius 3 is 2.65 bits per heavy atom. The van der Waals surface area contributed by atoms with Crippen molar-refractivity contribution in [2.75, 3.05) is 12.3 Å². The molecule has 7 heteroatoms. The molecule has 140 valence electrons. The zero-order valence-electron chi connectivity index (χ0n) is 15.2. The maximum absolute atomic E-state index is 12.4. The van der Waals surface area contributed by atoms with Crippen LogP contribution in [0.5, 0.6) is 0 Å². The van der Waals surface area contributed by atoms with Crippen molar-refractivity contribution in [3.8, 4) is 0 Å². The van der Waals surface area contributed by atoms with E-state index in [1.165, 1.54) is 30.2 Å². The topological polar surface area (TPSA) is 59.8 Å². The van der Waals surface area contributed by atoms with Crippen molar-refractivity contribution in [2.24, 2.45) is 0 Å². The molecule has 0 spiro atoms. The van der Waals surface area contributed by atoms with E-state index in [4.69, 9.17) is 11.6 Å². The smallest absolute Gasteiger partial charge is 0.230 e. The van der Waals surface area contributed by atoms with Crippen LogP contribution in [0, 0.1) is 0 Å². The molecule has 1 N–H and O–H groups in total. The lowest BCUT2D eigenvalue weighted by Gasteiger charge is -2.30. The van der Waals surface area contributed by atoms with Gasteiger partial charge in [-0.3, -0.25) is 4.79 Å². The molecule has 0 atom stereocenters. The number of hydrogen-bond donors (Lipinski definition) is 1. The van der Waals surface area contributed by atoms with Gasteiger partial charge in [-0.2, -0.15) is 0 Å². The highest BCUT2D eigenvalue weighted by Gasteiger charge is 2.35. The van der Waals surface area contributed by atoms with E-state index < -0.39 is 0 Å². The molecular formula is C19H25ClN4OS. The zero-order chi connectivity index (χ0) is 18.6. The monoisotopic (exact) mass is 392 g/mol. The molecule has 0 saturated heterocycles. The van der Waals surface area contributed by atoms with E-state index in [-0.39, 0.29) is 17.4 Å². The summed E-state index contributed by atoms with van der Waals surface area (Å²) in [6.07, 6.45) is 6.31. The number of carbonyl (C=O) groups is 1. The molecule has 1 heterocycles. The number of carbonyl (C=O) groups excluding carboxylic acids is 1. The molecule has 0 unspecified atom stereocenters. The summed E-state index contributed by atoms with van der Waals surface area (Å²) in [6.45, 7) is 4.82. The van der Waals surface area contributed by atoms with Crippen LogP contribution in [-0.2, 0) is 10.2 Å². The fraction of sp³-hybridized carbons (Fsp3) is 0.526. The molecule has 1 aromatic carbocycles. The van der Waals surface area contributed by atoms with Crippen LogP contribution >= 0.6 is 23.4 Å². The lowest BCUT2D eigenvalue weighted by Crippen LogP contribution is -2.39. The van der Waals surface area contributed by atoms with Gasteiger partial charge in [0.15, 0.2) is 5.16 Å². The first-order chi connectivity index (χ1) is 12.5. The lowest BCUT2D eigenvalue weighted by molar-refractivity contribution is -0.118. The van der Waals surface area contributed by atoms with Crippen LogP contribution in [0.3, 0.4) is 0 Å². The van der Waals surface area contributed by atoms with Crippen LogP contribution in [0.15, 0.2) is 35.7 Å². The van der Waals surface area contributed by atoms with Crippen molar-refractivity contribution in [1.29, 1.82) is 0 Å². The second-order valence-corrected chi connectivity index (χ2v) is 8.55. The summed E-state index contributed by atoms with van der Waals surface area (Å²) in [6, 6.07) is 8.35. The molecule has 5 nitrogen and oxygen atoms in total. The fourth-order valence-corrected chi connectivity index (χ4v) is 4.56. The molecule has 1 aliphatic rings. The highest BCUT2D eigenvalue weighted by Crippen LogP contribution is 2.41. The Bertz CT molecular complexity index is 738. The molecule has 0 bridgehead atoms. The first-order valence-electron chi connectivity index (χ1n) is 9.05. The Labute approximate surface area is 163 Å². The normalized spacial score (nSPS) is 16.2. The second kappa shape index (κ2) is 8.44. The van der Waals surface area contributed by atoms with Crippen molar-refractivity contribution in [2.45, 2.75) is 56.1 Å². The van der Waals surface area contributed by atoms with Crippen LogP contribution in [0.1, 0.15) is 51.1 Å². The number of benzene rings is 1. The number of nitrogens with zero attached hydrogens (tertiary/aromatic N) is 3. The van der Waals surface area contributed by atoms with Gasteiger partial charge in [0.2, 0.25) is 5.91 Å². The van der Waals surface area contributed by atoms with E-state index in [0.29, 0.717) is 12.3 Å².